The smallest absolute Gasteiger partial charge is 0.0406 e. The topological polar surface area (TPSA) is 12.0 Å². The van der Waals surface area contributed by atoms with E-state index in [9.17, 15) is 0 Å². The van der Waals surface area contributed by atoms with Gasteiger partial charge in [0, 0.05) is 16.7 Å². The van der Waals surface area contributed by atoms with Crippen molar-refractivity contribution in [3.63, 3.8) is 0 Å². The van der Waals surface area contributed by atoms with Gasteiger partial charge in [0.2, 0.25) is 0 Å². The molecule has 0 fully saturated rings. The Morgan fingerprint density at radius 1 is 0.800 bits per heavy atom. The van der Waals surface area contributed by atoms with Crippen LogP contribution in [0.2, 0.25) is 0 Å². The Balaban J connectivity index is 2.21. The minimum Gasteiger partial charge on any atom is -0.381 e. The molecule has 2 heteroatoms. The second-order valence-electron chi connectivity index (χ2n) is 5.65. The van der Waals surface area contributed by atoms with Crippen molar-refractivity contribution in [2.24, 2.45) is 0 Å². The molecule has 0 aromatic heterocycles. The standard InChI is InChI=1S/C18H22BrN/c1-11-6-12(2)17(13(3)7-11)10-20-16-8-14(4)18(19)15(5)9-16/h6-9,20H,10H2,1-5H3. The normalized spacial score (nSPS) is 10.7. The van der Waals surface area contributed by atoms with Crippen LogP contribution in [0.25, 0.3) is 0 Å². The van der Waals surface area contributed by atoms with Gasteiger partial charge in [-0.3, -0.25) is 0 Å². The average Bonchev–Trinajstić information content (AvgIpc) is 2.34. The quantitative estimate of drug-likeness (QED) is 0.771. The fourth-order valence-corrected chi connectivity index (χ4v) is 2.96. The largest absolute Gasteiger partial charge is 0.381 e. The summed E-state index contributed by atoms with van der Waals surface area (Å²) in [5.41, 5.74) is 9.17. The van der Waals surface area contributed by atoms with Crippen LogP contribution in [0.5, 0.6) is 0 Å². The molecule has 1 nitrogen and oxygen atoms in total. The second kappa shape index (κ2) is 6.01. The van der Waals surface area contributed by atoms with E-state index in [1.54, 1.807) is 0 Å². The molecule has 1 N–H and O–H groups in total. The minimum atomic E-state index is 0.873. The third kappa shape index (κ3) is 3.24. The number of hydrogen-bond donors (Lipinski definition) is 1. The fraction of sp³-hybridized carbons (Fsp3) is 0.333. The summed E-state index contributed by atoms with van der Waals surface area (Å²) in [7, 11) is 0. The summed E-state index contributed by atoms with van der Waals surface area (Å²) < 4.78 is 1.20. The van der Waals surface area contributed by atoms with Gasteiger partial charge in [-0.1, -0.05) is 33.6 Å². The van der Waals surface area contributed by atoms with E-state index in [0.29, 0.717) is 0 Å². The third-order valence-electron chi connectivity index (χ3n) is 3.75. The van der Waals surface area contributed by atoms with Crippen LogP contribution in [0.15, 0.2) is 28.7 Å². The van der Waals surface area contributed by atoms with Gasteiger partial charge in [0.05, 0.1) is 0 Å². The number of hydrogen-bond acceptors (Lipinski definition) is 1. The van der Waals surface area contributed by atoms with Crippen molar-refractivity contribution in [1.29, 1.82) is 0 Å². The first-order valence-corrected chi connectivity index (χ1v) is 7.75. The van der Waals surface area contributed by atoms with Gasteiger partial charge in [-0.2, -0.15) is 0 Å². The van der Waals surface area contributed by atoms with Gasteiger partial charge < -0.3 is 5.32 Å². The molecule has 106 valence electrons. The zero-order valence-corrected chi connectivity index (χ0v) is 14.5. The molecular formula is C18H22BrN. The first-order chi connectivity index (χ1) is 9.38. The van der Waals surface area contributed by atoms with Crippen LogP contribution in [0.3, 0.4) is 0 Å². The number of rotatable bonds is 3. The van der Waals surface area contributed by atoms with Gasteiger partial charge >= 0.3 is 0 Å². The molecule has 0 aliphatic rings. The highest BCUT2D eigenvalue weighted by Crippen LogP contribution is 2.26. The zero-order valence-electron chi connectivity index (χ0n) is 12.9. The summed E-state index contributed by atoms with van der Waals surface area (Å²) >= 11 is 3.61. The highest BCUT2D eigenvalue weighted by atomic mass is 79.9. The third-order valence-corrected chi connectivity index (χ3v) is 5.00. The first kappa shape index (κ1) is 15.1. The predicted octanol–water partition coefficient (Wildman–Crippen LogP) is 5.60. The number of halogens is 1. The predicted molar refractivity (Wildman–Crippen MR) is 91.6 cm³/mol. The number of benzene rings is 2. The van der Waals surface area contributed by atoms with E-state index in [2.05, 4.69) is 80.1 Å². The van der Waals surface area contributed by atoms with Gasteiger partial charge in [-0.25, -0.2) is 0 Å². The molecule has 0 bridgehead atoms. The van der Waals surface area contributed by atoms with Crippen molar-refractivity contribution >= 4 is 21.6 Å². The van der Waals surface area contributed by atoms with E-state index in [0.717, 1.165) is 6.54 Å². The number of anilines is 1. The van der Waals surface area contributed by atoms with Crippen molar-refractivity contribution in [3.8, 4) is 0 Å². The van der Waals surface area contributed by atoms with E-state index in [1.807, 2.05) is 0 Å². The number of aryl methyl sites for hydroxylation is 5. The summed E-state index contributed by atoms with van der Waals surface area (Å²) in [5, 5.41) is 3.55. The van der Waals surface area contributed by atoms with Gasteiger partial charge in [-0.15, -0.1) is 0 Å². The first-order valence-electron chi connectivity index (χ1n) is 6.96. The Morgan fingerprint density at radius 2 is 1.30 bits per heavy atom. The molecule has 0 atom stereocenters. The van der Waals surface area contributed by atoms with Crippen LogP contribution in [0.4, 0.5) is 5.69 Å². The Kier molecular flexibility index (Phi) is 4.54. The molecule has 0 unspecified atom stereocenters. The number of nitrogens with one attached hydrogen (secondary N) is 1. The Hall–Kier alpha value is -1.28. The van der Waals surface area contributed by atoms with Crippen molar-refractivity contribution < 1.29 is 0 Å². The van der Waals surface area contributed by atoms with Crippen LogP contribution in [0.1, 0.15) is 33.4 Å². The molecule has 20 heavy (non-hydrogen) atoms. The van der Waals surface area contributed by atoms with Gasteiger partial charge in [0.1, 0.15) is 0 Å². The van der Waals surface area contributed by atoms with Crippen molar-refractivity contribution in [3.05, 3.63) is 62.1 Å². The van der Waals surface area contributed by atoms with Gasteiger partial charge in [-0.05, 0) is 74.6 Å². The van der Waals surface area contributed by atoms with Crippen molar-refractivity contribution in [2.75, 3.05) is 5.32 Å². The summed E-state index contributed by atoms with van der Waals surface area (Å²) in [6.07, 6.45) is 0. The zero-order chi connectivity index (χ0) is 14.9. The lowest BCUT2D eigenvalue weighted by atomic mass is 9.99. The van der Waals surface area contributed by atoms with Gasteiger partial charge in [0.25, 0.3) is 0 Å². The molecular weight excluding hydrogens is 310 g/mol. The van der Waals surface area contributed by atoms with E-state index in [1.165, 1.54) is 43.5 Å². The highest BCUT2D eigenvalue weighted by Gasteiger charge is 2.06. The van der Waals surface area contributed by atoms with Crippen LogP contribution in [-0.4, -0.2) is 0 Å². The average molecular weight is 332 g/mol. The van der Waals surface area contributed by atoms with Gasteiger partial charge in [0.15, 0.2) is 0 Å². The molecule has 2 rings (SSSR count). The lowest BCUT2D eigenvalue weighted by Gasteiger charge is -2.15. The molecule has 0 aliphatic carbocycles. The van der Waals surface area contributed by atoms with E-state index in [-0.39, 0.29) is 0 Å². The van der Waals surface area contributed by atoms with Crippen molar-refractivity contribution in [2.45, 2.75) is 41.2 Å². The Morgan fingerprint density at radius 3 is 1.80 bits per heavy atom. The van der Waals surface area contributed by atoms with E-state index in [4.69, 9.17) is 0 Å². The summed E-state index contributed by atoms with van der Waals surface area (Å²) in [6.45, 7) is 11.7. The molecule has 0 spiro atoms. The van der Waals surface area contributed by atoms with Crippen LogP contribution in [0, 0.1) is 34.6 Å². The lowest BCUT2D eigenvalue weighted by molar-refractivity contribution is 1.08. The second-order valence-corrected chi connectivity index (χ2v) is 6.45. The Labute approximate surface area is 130 Å². The molecule has 0 radical (unpaired) electrons. The molecule has 0 heterocycles. The molecule has 2 aromatic carbocycles. The maximum Gasteiger partial charge on any atom is 0.0406 e. The van der Waals surface area contributed by atoms with Crippen molar-refractivity contribution in [1.82, 2.24) is 0 Å². The van der Waals surface area contributed by atoms with Crippen LogP contribution in [-0.2, 0) is 6.54 Å². The lowest BCUT2D eigenvalue weighted by Crippen LogP contribution is -2.04. The molecule has 0 saturated heterocycles. The molecule has 0 amide bonds. The highest BCUT2D eigenvalue weighted by molar-refractivity contribution is 9.10. The van der Waals surface area contributed by atoms with E-state index >= 15 is 0 Å². The minimum absolute atomic E-state index is 0.873. The molecule has 0 saturated carbocycles. The monoisotopic (exact) mass is 331 g/mol. The summed E-state index contributed by atoms with van der Waals surface area (Å²) in [6, 6.07) is 8.88. The maximum atomic E-state index is 3.61. The van der Waals surface area contributed by atoms with Crippen LogP contribution < -0.4 is 5.32 Å². The Bertz CT molecular complexity index is 598. The maximum absolute atomic E-state index is 3.61. The van der Waals surface area contributed by atoms with Crippen LogP contribution >= 0.6 is 15.9 Å². The molecule has 0 aliphatic heterocycles. The summed E-state index contributed by atoms with van der Waals surface area (Å²) in [5.74, 6) is 0. The molecule has 2 aromatic rings. The summed E-state index contributed by atoms with van der Waals surface area (Å²) in [4.78, 5) is 0. The van der Waals surface area contributed by atoms with E-state index < -0.39 is 0 Å². The fourth-order valence-electron chi connectivity index (χ4n) is 2.73. The SMILES string of the molecule is Cc1cc(C)c(CNc2cc(C)c(Br)c(C)c2)c(C)c1.